The van der Waals surface area contributed by atoms with Gasteiger partial charge in [0.2, 0.25) is 0 Å². The van der Waals surface area contributed by atoms with Crippen molar-refractivity contribution >= 4 is 11.6 Å². The van der Waals surface area contributed by atoms with E-state index in [9.17, 15) is 9.90 Å². The van der Waals surface area contributed by atoms with E-state index >= 15 is 0 Å². The highest BCUT2D eigenvalue weighted by Gasteiger charge is 2.17. The first-order chi connectivity index (χ1) is 8.50. The van der Waals surface area contributed by atoms with Gasteiger partial charge >= 0.3 is 11.3 Å². The van der Waals surface area contributed by atoms with Crippen LogP contribution in [0.3, 0.4) is 0 Å². The standard InChI is InChI=1S/C12H13N3O3/c1-7-5-4-6-9(8(7)2)13-11(16)10-12(17)18-14-15(10)3/h4-6H,1-3H3,(H-,13,14,16,17). The van der Waals surface area contributed by atoms with Gasteiger partial charge in [0.1, 0.15) is 0 Å². The number of aryl methyl sites for hydroxylation is 2. The van der Waals surface area contributed by atoms with Crippen LogP contribution in [0.5, 0.6) is 0 Å². The summed E-state index contributed by atoms with van der Waals surface area (Å²) in [4.78, 5) is 15.3. The van der Waals surface area contributed by atoms with Gasteiger partial charge in [0.05, 0.1) is 11.6 Å². The number of benzene rings is 1. The number of hydrogen-bond donors (Lipinski definition) is 1. The van der Waals surface area contributed by atoms with Crippen LogP contribution in [0.4, 0.5) is 5.69 Å². The molecule has 6 heteroatoms. The minimum Gasteiger partial charge on any atom is -0.854 e. The fraction of sp³-hybridized carbons (Fsp3) is 0.250. The average Bonchev–Trinajstić information content (AvgIpc) is 2.65. The molecule has 0 aliphatic rings. The average molecular weight is 247 g/mol. The molecule has 1 heterocycles. The number of H-pyrrole nitrogens is 1. The summed E-state index contributed by atoms with van der Waals surface area (Å²) in [6, 6.07) is 5.48. The Hall–Kier alpha value is -2.37. The molecule has 0 unspecified atom stereocenters. The van der Waals surface area contributed by atoms with Crippen molar-refractivity contribution in [1.29, 1.82) is 0 Å². The Kier molecular flexibility index (Phi) is 3.01. The molecule has 0 spiro atoms. The normalized spacial score (nSPS) is 11.8. The Morgan fingerprint density at radius 1 is 1.44 bits per heavy atom. The molecule has 0 amide bonds. The van der Waals surface area contributed by atoms with Crippen molar-refractivity contribution in [3.8, 4) is 0 Å². The molecule has 1 aromatic heterocycles. The SMILES string of the molecule is Cc1cccc(N=C([O-])c2c(=O)o[nH][n+]2C)c1C. The summed E-state index contributed by atoms with van der Waals surface area (Å²) < 4.78 is 5.72. The number of hydrogen-bond acceptors (Lipinski definition) is 4. The highest BCUT2D eigenvalue weighted by molar-refractivity contribution is 5.88. The van der Waals surface area contributed by atoms with Crippen molar-refractivity contribution in [1.82, 2.24) is 5.27 Å². The van der Waals surface area contributed by atoms with E-state index in [1.54, 1.807) is 6.07 Å². The maximum Gasteiger partial charge on any atom is 0.435 e. The summed E-state index contributed by atoms with van der Waals surface area (Å²) in [6.45, 7) is 3.81. The molecule has 0 aliphatic carbocycles. The van der Waals surface area contributed by atoms with Crippen molar-refractivity contribution in [2.75, 3.05) is 0 Å². The molecular weight excluding hydrogens is 234 g/mol. The van der Waals surface area contributed by atoms with Crippen molar-refractivity contribution in [2.24, 2.45) is 12.0 Å². The van der Waals surface area contributed by atoms with E-state index in [1.807, 2.05) is 26.0 Å². The Morgan fingerprint density at radius 2 is 2.17 bits per heavy atom. The van der Waals surface area contributed by atoms with Crippen LogP contribution in [-0.4, -0.2) is 11.2 Å². The highest BCUT2D eigenvalue weighted by Crippen LogP contribution is 2.21. The molecule has 94 valence electrons. The molecule has 1 aromatic carbocycles. The van der Waals surface area contributed by atoms with Crippen LogP contribution < -0.4 is 15.4 Å². The number of rotatable bonds is 2. The lowest BCUT2D eigenvalue weighted by molar-refractivity contribution is -0.742. The third-order valence-electron chi connectivity index (χ3n) is 2.80. The molecule has 0 bridgehead atoms. The summed E-state index contributed by atoms with van der Waals surface area (Å²) in [7, 11) is 1.51. The number of nitrogens with zero attached hydrogens (tertiary/aromatic N) is 2. The quantitative estimate of drug-likeness (QED) is 0.455. The largest absolute Gasteiger partial charge is 0.854 e. The fourth-order valence-electron chi connectivity index (χ4n) is 1.59. The van der Waals surface area contributed by atoms with Gasteiger partial charge in [0.15, 0.2) is 7.05 Å². The van der Waals surface area contributed by atoms with E-state index < -0.39 is 11.5 Å². The lowest BCUT2D eigenvalue weighted by Gasteiger charge is -2.07. The van der Waals surface area contributed by atoms with Crippen molar-refractivity contribution in [3.05, 3.63) is 45.4 Å². The summed E-state index contributed by atoms with van der Waals surface area (Å²) >= 11 is 0. The van der Waals surface area contributed by atoms with E-state index in [0.717, 1.165) is 11.1 Å². The zero-order valence-electron chi connectivity index (χ0n) is 10.4. The van der Waals surface area contributed by atoms with Crippen LogP contribution in [0, 0.1) is 13.8 Å². The van der Waals surface area contributed by atoms with E-state index in [0.29, 0.717) is 5.69 Å². The van der Waals surface area contributed by atoms with Crippen molar-refractivity contribution in [2.45, 2.75) is 13.8 Å². The van der Waals surface area contributed by atoms with E-state index in [4.69, 9.17) is 0 Å². The van der Waals surface area contributed by atoms with Gasteiger partial charge in [-0.05, 0) is 36.3 Å². The van der Waals surface area contributed by atoms with Crippen LogP contribution in [0.25, 0.3) is 0 Å². The van der Waals surface area contributed by atoms with Crippen LogP contribution in [0.2, 0.25) is 0 Å². The molecule has 2 aromatic rings. The zero-order chi connectivity index (χ0) is 13.3. The number of aliphatic imine (C=N–C) groups is 1. The second-order valence-electron chi connectivity index (χ2n) is 4.02. The molecule has 6 nitrogen and oxygen atoms in total. The molecule has 0 saturated heterocycles. The zero-order valence-corrected chi connectivity index (χ0v) is 10.4. The maximum absolute atomic E-state index is 11.9. The first-order valence-corrected chi connectivity index (χ1v) is 5.40. The van der Waals surface area contributed by atoms with Crippen molar-refractivity contribution in [3.63, 3.8) is 0 Å². The fourth-order valence-corrected chi connectivity index (χ4v) is 1.59. The third kappa shape index (κ3) is 2.04. The Balaban J connectivity index is 2.52. The minimum absolute atomic E-state index is 0.129. The van der Waals surface area contributed by atoms with E-state index in [2.05, 4.69) is 14.8 Å². The van der Waals surface area contributed by atoms with Crippen LogP contribution in [-0.2, 0) is 7.05 Å². The van der Waals surface area contributed by atoms with Gasteiger partial charge in [-0.3, -0.25) is 9.52 Å². The number of aromatic nitrogens is 2. The lowest BCUT2D eigenvalue weighted by atomic mass is 10.1. The summed E-state index contributed by atoms with van der Waals surface area (Å²) in [5.74, 6) is -0.624. The predicted molar refractivity (Wildman–Crippen MR) is 62.6 cm³/mol. The Labute approximate surface area is 103 Å². The van der Waals surface area contributed by atoms with Crippen LogP contribution >= 0.6 is 0 Å². The minimum atomic E-state index is -0.725. The molecule has 0 saturated carbocycles. The highest BCUT2D eigenvalue weighted by atomic mass is 16.5. The Bertz CT molecular complexity index is 667. The second-order valence-corrected chi connectivity index (χ2v) is 4.02. The van der Waals surface area contributed by atoms with E-state index in [-0.39, 0.29) is 5.69 Å². The van der Waals surface area contributed by atoms with Gasteiger partial charge in [0.25, 0.3) is 0 Å². The third-order valence-corrected chi connectivity index (χ3v) is 2.80. The van der Waals surface area contributed by atoms with Gasteiger partial charge in [-0.15, -0.1) is 0 Å². The molecular formula is C12H13N3O3. The first-order valence-electron chi connectivity index (χ1n) is 5.40. The van der Waals surface area contributed by atoms with Gasteiger partial charge in [-0.1, -0.05) is 16.8 Å². The molecule has 1 N–H and O–H groups in total. The van der Waals surface area contributed by atoms with Gasteiger partial charge in [-0.2, -0.15) is 0 Å². The molecule has 18 heavy (non-hydrogen) atoms. The first kappa shape index (κ1) is 12.1. The summed E-state index contributed by atoms with van der Waals surface area (Å²) in [5.41, 5.74) is 1.65. The molecule has 0 atom stereocenters. The van der Waals surface area contributed by atoms with Crippen molar-refractivity contribution < 1.29 is 14.3 Å². The van der Waals surface area contributed by atoms with E-state index in [1.165, 1.54) is 11.7 Å². The predicted octanol–water partition coefficient (Wildman–Crippen LogP) is -0.152. The number of aromatic amines is 1. The van der Waals surface area contributed by atoms with Crippen LogP contribution in [0.15, 0.2) is 32.5 Å². The van der Waals surface area contributed by atoms with Crippen LogP contribution in [0.1, 0.15) is 16.8 Å². The molecule has 0 aliphatic heterocycles. The topological polar surface area (TPSA) is 85.3 Å². The molecule has 0 radical (unpaired) electrons. The Morgan fingerprint density at radius 3 is 2.78 bits per heavy atom. The van der Waals surface area contributed by atoms with Gasteiger partial charge in [0, 0.05) is 0 Å². The van der Waals surface area contributed by atoms with Gasteiger partial charge < -0.3 is 5.11 Å². The maximum atomic E-state index is 11.9. The summed E-state index contributed by atoms with van der Waals surface area (Å²) in [5, 5.41) is 14.2. The molecule has 0 fully saturated rings. The number of nitrogens with one attached hydrogen (secondary N) is 1. The van der Waals surface area contributed by atoms with Gasteiger partial charge in [-0.25, -0.2) is 4.79 Å². The monoisotopic (exact) mass is 247 g/mol. The second kappa shape index (κ2) is 4.48. The summed E-state index contributed by atoms with van der Waals surface area (Å²) in [6.07, 6.45) is 0. The smallest absolute Gasteiger partial charge is 0.435 e. The lowest BCUT2D eigenvalue weighted by Crippen LogP contribution is -2.43. The molecule has 2 rings (SSSR count).